The highest BCUT2D eigenvalue weighted by molar-refractivity contribution is 5.18. The standard InChI is InChI=1S/C26H53N/c1-9-13-14-15-24(11-3)21(6)18-23(10-2)17-20(5)16-22(7)26(12-4)19-25(26,8)27/h20-24H,9-19,27H2,1-8H3/t20-,21-,22+,23-,24?,25-,26+/m0/s1. The maximum atomic E-state index is 6.52. The minimum absolute atomic E-state index is 0.0897. The molecule has 162 valence electrons. The third-order valence-corrected chi connectivity index (χ3v) is 8.55. The molecule has 0 aromatic carbocycles. The van der Waals surface area contributed by atoms with E-state index in [9.17, 15) is 0 Å². The van der Waals surface area contributed by atoms with Gasteiger partial charge in [0.15, 0.2) is 0 Å². The van der Waals surface area contributed by atoms with E-state index in [-0.39, 0.29) is 5.54 Å². The predicted molar refractivity (Wildman–Crippen MR) is 123 cm³/mol. The SMILES string of the molecule is CCCCCC(CC)[C@@H](C)C[C@@H](CC)C[C@@H](C)C[C@@H](C)[C@@]1(CC)C[C@]1(C)N. The summed E-state index contributed by atoms with van der Waals surface area (Å²) in [7, 11) is 0. The van der Waals surface area contributed by atoms with E-state index >= 15 is 0 Å². The van der Waals surface area contributed by atoms with Crippen molar-refractivity contribution in [3.8, 4) is 0 Å². The zero-order valence-corrected chi connectivity index (χ0v) is 20.2. The van der Waals surface area contributed by atoms with Crippen molar-refractivity contribution < 1.29 is 0 Å². The van der Waals surface area contributed by atoms with Crippen molar-refractivity contribution in [3.63, 3.8) is 0 Å². The van der Waals surface area contributed by atoms with Gasteiger partial charge in [-0.05, 0) is 74.0 Å². The molecule has 1 heteroatoms. The molecule has 1 rings (SSSR count). The first-order valence-corrected chi connectivity index (χ1v) is 12.5. The van der Waals surface area contributed by atoms with Gasteiger partial charge < -0.3 is 5.73 Å². The zero-order valence-electron chi connectivity index (χ0n) is 20.2. The molecule has 7 atom stereocenters. The van der Waals surface area contributed by atoms with Crippen LogP contribution in [-0.2, 0) is 0 Å². The van der Waals surface area contributed by atoms with E-state index < -0.39 is 0 Å². The molecule has 0 spiro atoms. The molecule has 1 nitrogen and oxygen atoms in total. The Morgan fingerprint density at radius 3 is 1.96 bits per heavy atom. The Kier molecular flexibility index (Phi) is 10.4. The molecule has 0 heterocycles. The van der Waals surface area contributed by atoms with Gasteiger partial charge in [0.05, 0.1) is 0 Å². The molecule has 1 aliphatic carbocycles. The molecule has 0 aliphatic heterocycles. The highest BCUT2D eigenvalue weighted by Gasteiger charge is 2.62. The minimum atomic E-state index is 0.0897. The van der Waals surface area contributed by atoms with Crippen molar-refractivity contribution in [2.24, 2.45) is 40.7 Å². The van der Waals surface area contributed by atoms with Crippen LogP contribution in [0.4, 0.5) is 0 Å². The summed E-state index contributed by atoms with van der Waals surface area (Å²) in [6.07, 6.45) is 15.0. The summed E-state index contributed by atoms with van der Waals surface area (Å²) in [5.41, 5.74) is 7.03. The molecule has 1 aliphatic rings. The second kappa shape index (κ2) is 11.2. The average molecular weight is 380 g/mol. The Bertz CT molecular complexity index is 401. The highest BCUT2D eigenvalue weighted by Crippen LogP contribution is 2.62. The van der Waals surface area contributed by atoms with Crippen LogP contribution in [0.5, 0.6) is 0 Å². The molecule has 0 saturated heterocycles. The van der Waals surface area contributed by atoms with Crippen LogP contribution in [0.2, 0.25) is 0 Å². The van der Waals surface area contributed by atoms with Crippen molar-refractivity contribution in [1.29, 1.82) is 0 Å². The fourth-order valence-corrected chi connectivity index (χ4v) is 6.42. The molecular formula is C26H53N. The first kappa shape index (κ1) is 25.0. The van der Waals surface area contributed by atoms with E-state index in [1.54, 1.807) is 0 Å². The van der Waals surface area contributed by atoms with Crippen LogP contribution in [0.3, 0.4) is 0 Å². The predicted octanol–water partition coefficient (Wildman–Crippen LogP) is 8.22. The van der Waals surface area contributed by atoms with Crippen LogP contribution < -0.4 is 5.73 Å². The first-order chi connectivity index (χ1) is 12.7. The van der Waals surface area contributed by atoms with Gasteiger partial charge in [-0.15, -0.1) is 0 Å². The van der Waals surface area contributed by atoms with Gasteiger partial charge in [0.25, 0.3) is 0 Å². The maximum Gasteiger partial charge on any atom is 0.0192 e. The van der Waals surface area contributed by atoms with Crippen molar-refractivity contribution in [2.75, 3.05) is 0 Å². The molecule has 27 heavy (non-hydrogen) atoms. The highest BCUT2D eigenvalue weighted by atomic mass is 14.9. The van der Waals surface area contributed by atoms with E-state index in [1.807, 2.05) is 0 Å². The summed E-state index contributed by atoms with van der Waals surface area (Å²) < 4.78 is 0. The van der Waals surface area contributed by atoms with Gasteiger partial charge in [-0.3, -0.25) is 0 Å². The third kappa shape index (κ3) is 6.76. The largest absolute Gasteiger partial charge is 0.325 e. The fourth-order valence-electron chi connectivity index (χ4n) is 6.42. The van der Waals surface area contributed by atoms with Gasteiger partial charge in [-0.25, -0.2) is 0 Å². The molecule has 0 aromatic rings. The van der Waals surface area contributed by atoms with E-state index in [2.05, 4.69) is 55.4 Å². The lowest BCUT2D eigenvalue weighted by atomic mass is 9.75. The molecule has 0 amide bonds. The molecule has 0 aromatic heterocycles. The Labute approximate surface area is 172 Å². The van der Waals surface area contributed by atoms with Gasteiger partial charge in [0.1, 0.15) is 0 Å². The van der Waals surface area contributed by atoms with Gasteiger partial charge in [0.2, 0.25) is 0 Å². The van der Waals surface area contributed by atoms with Crippen molar-refractivity contribution in [1.82, 2.24) is 0 Å². The quantitative estimate of drug-likeness (QED) is 0.285. The van der Waals surface area contributed by atoms with Gasteiger partial charge in [0, 0.05) is 5.54 Å². The number of nitrogens with two attached hydrogens (primary N) is 1. The Morgan fingerprint density at radius 1 is 0.889 bits per heavy atom. The molecular weight excluding hydrogens is 326 g/mol. The van der Waals surface area contributed by atoms with Crippen LogP contribution in [0.15, 0.2) is 0 Å². The monoisotopic (exact) mass is 379 g/mol. The smallest absolute Gasteiger partial charge is 0.0192 e. The lowest BCUT2D eigenvalue weighted by molar-refractivity contribution is 0.198. The van der Waals surface area contributed by atoms with Crippen molar-refractivity contribution in [3.05, 3.63) is 0 Å². The van der Waals surface area contributed by atoms with Gasteiger partial charge in [-0.2, -0.15) is 0 Å². The minimum Gasteiger partial charge on any atom is -0.325 e. The normalized spacial score (nSPS) is 30.6. The Hall–Kier alpha value is -0.0400. The lowest BCUT2D eigenvalue weighted by Gasteiger charge is -2.31. The molecule has 2 N–H and O–H groups in total. The molecule has 1 unspecified atom stereocenters. The van der Waals surface area contributed by atoms with Crippen LogP contribution in [0, 0.1) is 35.0 Å². The van der Waals surface area contributed by atoms with Gasteiger partial charge >= 0.3 is 0 Å². The molecule has 1 fully saturated rings. The van der Waals surface area contributed by atoms with Crippen LogP contribution in [0.1, 0.15) is 126 Å². The number of hydrogen-bond donors (Lipinski definition) is 1. The van der Waals surface area contributed by atoms with E-state index in [0.29, 0.717) is 5.41 Å². The first-order valence-electron chi connectivity index (χ1n) is 12.5. The third-order valence-electron chi connectivity index (χ3n) is 8.55. The summed E-state index contributed by atoms with van der Waals surface area (Å²) in [6, 6.07) is 0. The second-order valence-corrected chi connectivity index (χ2v) is 10.7. The van der Waals surface area contributed by atoms with Crippen molar-refractivity contribution in [2.45, 2.75) is 132 Å². The molecule has 0 bridgehead atoms. The fraction of sp³-hybridized carbons (Fsp3) is 1.00. The average Bonchev–Trinajstić information content (AvgIpc) is 3.20. The maximum absolute atomic E-state index is 6.52. The number of rotatable bonds is 15. The summed E-state index contributed by atoms with van der Waals surface area (Å²) >= 11 is 0. The number of unbranched alkanes of at least 4 members (excludes halogenated alkanes) is 2. The van der Waals surface area contributed by atoms with E-state index in [4.69, 9.17) is 5.73 Å². The summed E-state index contributed by atoms with van der Waals surface area (Å²) in [5.74, 6) is 4.33. The molecule has 1 saturated carbocycles. The summed E-state index contributed by atoms with van der Waals surface area (Å²) in [5, 5.41) is 0. The number of hydrogen-bond acceptors (Lipinski definition) is 1. The van der Waals surface area contributed by atoms with E-state index in [1.165, 1.54) is 70.6 Å². The van der Waals surface area contributed by atoms with Crippen LogP contribution >= 0.6 is 0 Å². The van der Waals surface area contributed by atoms with E-state index in [0.717, 1.165) is 29.6 Å². The van der Waals surface area contributed by atoms with Crippen molar-refractivity contribution >= 4 is 0 Å². The van der Waals surface area contributed by atoms with Gasteiger partial charge in [-0.1, -0.05) is 87.0 Å². The summed E-state index contributed by atoms with van der Waals surface area (Å²) in [4.78, 5) is 0. The summed E-state index contributed by atoms with van der Waals surface area (Å²) in [6.45, 7) is 19.3. The topological polar surface area (TPSA) is 26.0 Å². The second-order valence-electron chi connectivity index (χ2n) is 10.7. The zero-order chi connectivity index (χ0) is 20.7. The van der Waals surface area contributed by atoms with Crippen LogP contribution in [0.25, 0.3) is 0 Å². The molecule has 0 radical (unpaired) electrons. The Morgan fingerprint density at radius 2 is 1.52 bits per heavy atom. The van der Waals surface area contributed by atoms with Crippen LogP contribution in [-0.4, -0.2) is 5.54 Å². The Balaban J connectivity index is 2.49. The lowest BCUT2D eigenvalue weighted by Crippen LogP contribution is -2.32.